The molecule has 73 heavy (non-hydrogen) atoms. The Morgan fingerprint density at radius 3 is 1.53 bits per heavy atom. The van der Waals surface area contributed by atoms with Gasteiger partial charge in [0, 0.05) is 30.5 Å². The van der Waals surface area contributed by atoms with Crippen molar-refractivity contribution in [1.82, 2.24) is 0 Å². The first-order valence-electron chi connectivity index (χ1n) is 24.2. The van der Waals surface area contributed by atoms with Gasteiger partial charge >= 0.3 is 0 Å². The molecule has 7 rings (SSSR count). The Labute approximate surface area is 420 Å². The largest absolute Gasteiger partial charge is 0.373 e. The summed E-state index contributed by atoms with van der Waals surface area (Å²) in [4.78, 5) is 27.9. The van der Waals surface area contributed by atoms with Crippen molar-refractivity contribution >= 4 is 6.29 Å². The van der Waals surface area contributed by atoms with E-state index < -0.39 is 110 Å². The third-order valence-corrected chi connectivity index (χ3v) is 14.0. The molecule has 0 spiro atoms. The van der Waals surface area contributed by atoms with Crippen molar-refractivity contribution < 1.29 is 47.4 Å². The minimum absolute atomic E-state index is 0.0102. The molecular formula is C48H59N15O10. The first-order chi connectivity index (χ1) is 35.7. The summed E-state index contributed by atoms with van der Waals surface area (Å²) in [6, 6.07) is 23.9. The number of azide groups is 5. The molecule has 3 aromatic rings. The summed E-state index contributed by atoms with van der Waals surface area (Å²) in [6.07, 6.45) is -12.3. The van der Waals surface area contributed by atoms with Gasteiger partial charge in [0.05, 0.1) is 75.0 Å². The van der Waals surface area contributed by atoms with Crippen molar-refractivity contribution in [2.24, 2.45) is 43.3 Å². The van der Waals surface area contributed by atoms with Gasteiger partial charge in [0.1, 0.15) is 36.7 Å². The summed E-state index contributed by atoms with van der Waals surface area (Å²) >= 11 is 0. The van der Waals surface area contributed by atoms with Crippen LogP contribution in [-0.2, 0) is 67.2 Å². The molecule has 0 radical (unpaired) electrons. The van der Waals surface area contributed by atoms with Gasteiger partial charge in [0.15, 0.2) is 18.9 Å². The highest BCUT2D eigenvalue weighted by molar-refractivity contribution is 5.57. The molecule has 0 N–H and O–H groups in total. The fourth-order valence-electron chi connectivity index (χ4n) is 9.89. The second-order valence-electron chi connectivity index (χ2n) is 18.3. The van der Waals surface area contributed by atoms with E-state index in [9.17, 15) is 32.5 Å². The molecule has 25 heteroatoms. The van der Waals surface area contributed by atoms with E-state index in [1.165, 1.54) is 0 Å². The van der Waals surface area contributed by atoms with Crippen LogP contribution in [0.15, 0.2) is 117 Å². The van der Waals surface area contributed by atoms with Crippen molar-refractivity contribution in [3.05, 3.63) is 160 Å². The van der Waals surface area contributed by atoms with Gasteiger partial charge in [-0.25, -0.2) is 0 Å². The van der Waals surface area contributed by atoms with Crippen LogP contribution in [0.4, 0.5) is 0 Å². The molecule has 4 fully saturated rings. The van der Waals surface area contributed by atoms with Crippen molar-refractivity contribution in [2.45, 2.75) is 158 Å². The first kappa shape index (κ1) is 54.3. The summed E-state index contributed by atoms with van der Waals surface area (Å²) in [5, 5.41) is 20.3. The predicted octanol–water partition coefficient (Wildman–Crippen LogP) is 10.0. The highest BCUT2D eigenvalue weighted by Crippen LogP contribution is 2.42. The zero-order valence-electron chi connectivity index (χ0n) is 40.7. The van der Waals surface area contributed by atoms with Crippen LogP contribution in [0.25, 0.3) is 52.2 Å². The van der Waals surface area contributed by atoms with Crippen molar-refractivity contribution in [2.75, 3.05) is 6.54 Å². The lowest BCUT2D eigenvalue weighted by Crippen LogP contribution is -2.62. The zero-order valence-corrected chi connectivity index (χ0v) is 40.7. The average Bonchev–Trinajstić information content (AvgIpc) is 3.74. The summed E-state index contributed by atoms with van der Waals surface area (Å²) in [5.74, 6) is -1.24. The SMILES string of the molecule is CC[C@H]1O[C@@H](O[C@@H]2C(OCc3ccccc3)[C@H](N=[N+]=[N-])CC(N=[N+]=[N-])[C@H]2O[C@H]2OC(C=O)[C@@H](C)[C@H](C)C2N=[N+]=[N-])C(OCc2ccccc2)[C@H]1O[C@H]1O[C@@H](CN=[N+]=[N-])[C@@H](C)C(OCc2ccccc2)C1N=[N+]=[N-]. The van der Waals surface area contributed by atoms with E-state index in [-0.39, 0.29) is 38.7 Å². The van der Waals surface area contributed by atoms with Gasteiger partial charge in [-0.2, -0.15) is 0 Å². The van der Waals surface area contributed by atoms with Gasteiger partial charge in [0.2, 0.25) is 0 Å². The van der Waals surface area contributed by atoms with Crippen LogP contribution in [0, 0.1) is 17.8 Å². The Balaban J connectivity index is 1.30. The Bertz CT molecular complexity index is 2500. The molecule has 0 aromatic heterocycles. The molecule has 19 atom stereocenters. The normalized spacial score (nSPS) is 34.9. The van der Waals surface area contributed by atoms with Gasteiger partial charge in [-0.05, 0) is 69.0 Å². The fourth-order valence-corrected chi connectivity index (χ4v) is 9.89. The van der Waals surface area contributed by atoms with Gasteiger partial charge in [-0.3, -0.25) is 0 Å². The van der Waals surface area contributed by atoms with Crippen LogP contribution in [0.5, 0.6) is 0 Å². The molecule has 3 aromatic carbocycles. The first-order valence-corrected chi connectivity index (χ1v) is 24.2. The fraction of sp³-hybridized carbons (Fsp3) is 0.604. The number of hydrogen-bond acceptors (Lipinski definition) is 15. The summed E-state index contributed by atoms with van der Waals surface area (Å²) in [5.41, 5.74) is 51.5. The van der Waals surface area contributed by atoms with Crippen LogP contribution >= 0.6 is 0 Å². The third kappa shape index (κ3) is 13.4. The molecule has 386 valence electrons. The number of nitrogens with zero attached hydrogens (tertiary/aromatic N) is 15. The molecule has 1 aliphatic carbocycles. The molecular weight excluding hydrogens is 947 g/mol. The van der Waals surface area contributed by atoms with Gasteiger partial charge in [-0.1, -0.05) is 144 Å². The number of aldehydes is 1. The molecule has 3 heterocycles. The maximum Gasteiger partial charge on any atom is 0.187 e. The van der Waals surface area contributed by atoms with E-state index in [4.69, 9.17) is 42.6 Å². The highest BCUT2D eigenvalue weighted by atomic mass is 16.8. The number of benzene rings is 3. The molecule has 0 bridgehead atoms. The molecule has 25 nitrogen and oxygen atoms in total. The number of carbonyl (C=O) groups is 1. The standard InChI is InChI=1S/C48H59N15O10/c1-5-35-43(72-47-39(58-63-53)40(29(4)36(69-47)22-54-59-49)65-24-30-15-9-6-10-16-30)45(67-26-32-19-13-8-14-20-32)48(68-35)73-44-41(66-25-31-17-11-7-12-18-31)33(55-60-50)21-34(56-61-51)42(44)71-46-38(57-62-52)28(3)27(2)37(23-64)70-46/h6-20,23,27-29,33-48H,5,21-22,24-26H2,1-4H3/t27-,28-,29+,33+,34?,35+,36-,37?,38?,39?,40?,41?,42+,43-,44+,45?,46+,47+,48-/m0/s1. The summed E-state index contributed by atoms with van der Waals surface area (Å²) in [7, 11) is 0. The Morgan fingerprint density at radius 1 is 0.521 bits per heavy atom. The molecule has 4 aliphatic rings. The van der Waals surface area contributed by atoms with Crippen molar-refractivity contribution in [3.63, 3.8) is 0 Å². The Hall–Kier alpha value is -6.48. The molecule has 3 saturated heterocycles. The number of ether oxygens (including phenoxy) is 9. The summed E-state index contributed by atoms with van der Waals surface area (Å²) < 4.78 is 60.3. The molecule has 7 unspecified atom stereocenters. The second-order valence-corrected chi connectivity index (χ2v) is 18.3. The molecule has 3 aliphatic heterocycles. The highest BCUT2D eigenvalue weighted by Gasteiger charge is 2.56. The number of hydrogen-bond donors (Lipinski definition) is 0. The van der Waals surface area contributed by atoms with Crippen LogP contribution in [0.2, 0.25) is 0 Å². The van der Waals surface area contributed by atoms with Gasteiger partial charge < -0.3 is 47.4 Å². The van der Waals surface area contributed by atoms with Crippen LogP contribution in [0.1, 0.15) is 57.2 Å². The van der Waals surface area contributed by atoms with Crippen LogP contribution in [-0.4, -0.2) is 111 Å². The van der Waals surface area contributed by atoms with Crippen LogP contribution in [0.3, 0.4) is 0 Å². The lowest BCUT2D eigenvalue weighted by molar-refractivity contribution is -0.300. The van der Waals surface area contributed by atoms with E-state index in [2.05, 4.69) is 50.1 Å². The third-order valence-electron chi connectivity index (χ3n) is 14.0. The lowest BCUT2D eigenvalue weighted by Gasteiger charge is -2.48. The second kappa shape index (κ2) is 27.0. The quantitative estimate of drug-likeness (QED) is 0.0374. The number of rotatable bonds is 23. The van der Waals surface area contributed by atoms with E-state index in [0.717, 1.165) is 16.7 Å². The smallest absolute Gasteiger partial charge is 0.187 e. The maximum absolute atomic E-state index is 12.4. The minimum Gasteiger partial charge on any atom is -0.373 e. The van der Waals surface area contributed by atoms with Gasteiger partial charge in [0.25, 0.3) is 0 Å². The Morgan fingerprint density at radius 2 is 1.00 bits per heavy atom. The number of carbonyl (C=O) groups excluding carboxylic acids is 1. The monoisotopic (exact) mass is 1010 g/mol. The Kier molecular flexibility index (Phi) is 20.1. The average molecular weight is 1010 g/mol. The lowest BCUT2D eigenvalue weighted by atomic mass is 9.82. The van der Waals surface area contributed by atoms with E-state index in [1.807, 2.05) is 112 Å². The summed E-state index contributed by atoms with van der Waals surface area (Å²) in [6.45, 7) is 7.45. The zero-order chi connectivity index (χ0) is 51.7. The van der Waals surface area contributed by atoms with E-state index >= 15 is 0 Å². The predicted molar refractivity (Wildman–Crippen MR) is 260 cm³/mol. The topological polar surface area (TPSA) is 344 Å². The van der Waals surface area contributed by atoms with Crippen LogP contribution < -0.4 is 0 Å². The van der Waals surface area contributed by atoms with Crippen molar-refractivity contribution in [3.8, 4) is 0 Å². The van der Waals surface area contributed by atoms with Crippen molar-refractivity contribution in [1.29, 1.82) is 0 Å². The van der Waals surface area contributed by atoms with E-state index in [0.29, 0.717) is 12.7 Å². The molecule has 0 amide bonds. The van der Waals surface area contributed by atoms with E-state index in [1.54, 1.807) is 6.92 Å². The maximum atomic E-state index is 12.4. The van der Waals surface area contributed by atoms with Gasteiger partial charge in [-0.15, -0.1) is 0 Å². The minimum atomic E-state index is -1.36. The molecule has 1 saturated carbocycles.